The normalized spacial score (nSPS) is 16.7. The van der Waals surface area contributed by atoms with E-state index in [1.54, 1.807) is 17.0 Å². The largest absolute Gasteiger partial charge is 0.508 e. The highest BCUT2D eigenvalue weighted by atomic mass is 16.3. The number of benzene rings is 2. The molecule has 1 atom stereocenters. The summed E-state index contributed by atoms with van der Waals surface area (Å²) in [6, 6.07) is 16.5. The van der Waals surface area contributed by atoms with Crippen molar-refractivity contribution in [3.8, 4) is 5.75 Å². The number of hydrogen-bond donors (Lipinski definition) is 2. The maximum absolute atomic E-state index is 12.5. The van der Waals surface area contributed by atoms with Crippen LogP contribution in [0.4, 0.5) is 0 Å². The van der Waals surface area contributed by atoms with E-state index in [2.05, 4.69) is 5.32 Å². The highest BCUT2D eigenvalue weighted by molar-refractivity contribution is 5.90. The van der Waals surface area contributed by atoms with E-state index in [0.29, 0.717) is 25.9 Å². The van der Waals surface area contributed by atoms with Gasteiger partial charge in [0.1, 0.15) is 11.8 Å². The van der Waals surface area contributed by atoms with E-state index in [4.69, 9.17) is 0 Å². The lowest BCUT2D eigenvalue weighted by molar-refractivity contribution is -0.135. The molecule has 1 saturated heterocycles. The predicted molar refractivity (Wildman–Crippen MR) is 99.5 cm³/mol. The summed E-state index contributed by atoms with van der Waals surface area (Å²) in [6.07, 6.45) is 2.65. The third-order valence-corrected chi connectivity index (χ3v) is 4.70. The van der Waals surface area contributed by atoms with Crippen molar-refractivity contribution in [1.29, 1.82) is 0 Å². The molecule has 1 aliphatic rings. The van der Waals surface area contributed by atoms with Crippen LogP contribution in [-0.4, -0.2) is 34.4 Å². The summed E-state index contributed by atoms with van der Waals surface area (Å²) < 4.78 is 0. The summed E-state index contributed by atoms with van der Waals surface area (Å²) in [5.41, 5.74) is 2.16. The summed E-state index contributed by atoms with van der Waals surface area (Å²) in [5, 5.41) is 12.2. The molecule has 5 nitrogen and oxygen atoms in total. The number of phenolic OH excluding ortho intramolecular Hbond substituents is 1. The van der Waals surface area contributed by atoms with Crippen LogP contribution in [0.2, 0.25) is 0 Å². The third kappa shape index (κ3) is 4.63. The molecule has 3 rings (SSSR count). The molecule has 1 fully saturated rings. The van der Waals surface area contributed by atoms with E-state index < -0.39 is 0 Å². The first-order valence-electron chi connectivity index (χ1n) is 9.02. The van der Waals surface area contributed by atoms with Crippen LogP contribution in [0.1, 0.15) is 30.4 Å². The zero-order valence-corrected chi connectivity index (χ0v) is 14.7. The molecule has 136 valence electrons. The van der Waals surface area contributed by atoms with Gasteiger partial charge in [0.2, 0.25) is 11.8 Å². The average Bonchev–Trinajstić information content (AvgIpc) is 3.01. The van der Waals surface area contributed by atoms with Crippen LogP contribution in [0.3, 0.4) is 0 Å². The molecular weight excluding hydrogens is 328 g/mol. The van der Waals surface area contributed by atoms with Gasteiger partial charge in [-0.3, -0.25) is 9.59 Å². The van der Waals surface area contributed by atoms with Gasteiger partial charge in [-0.05, 0) is 42.5 Å². The van der Waals surface area contributed by atoms with Crippen molar-refractivity contribution in [1.82, 2.24) is 10.2 Å². The number of phenols is 1. The Morgan fingerprint density at radius 2 is 1.81 bits per heavy atom. The lowest BCUT2D eigenvalue weighted by Gasteiger charge is -2.24. The number of nitrogens with zero attached hydrogens (tertiary/aromatic N) is 1. The topological polar surface area (TPSA) is 69.6 Å². The predicted octanol–water partition coefficient (Wildman–Crippen LogP) is 2.63. The van der Waals surface area contributed by atoms with Gasteiger partial charge in [-0.25, -0.2) is 0 Å². The van der Waals surface area contributed by atoms with E-state index in [1.807, 2.05) is 42.5 Å². The van der Waals surface area contributed by atoms with E-state index in [0.717, 1.165) is 24.0 Å². The maximum Gasteiger partial charge on any atom is 0.242 e. The number of carbonyl (C=O) groups is 2. The minimum Gasteiger partial charge on any atom is -0.508 e. The van der Waals surface area contributed by atoms with Crippen LogP contribution < -0.4 is 5.32 Å². The quantitative estimate of drug-likeness (QED) is 0.753. The first-order chi connectivity index (χ1) is 12.6. The molecule has 1 aliphatic heterocycles. The zero-order chi connectivity index (χ0) is 18.4. The van der Waals surface area contributed by atoms with Crippen molar-refractivity contribution >= 4 is 11.8 Å². The first-order valence-corrected chi connectivity index (χ1v) is 9.02. The molecular formula is C21H24N2O3. The van der Waals surface area contributed by atoms with Gasteiger partial charge in [0.15, 0.2) is 0 Å². The van der Waals surface area contributed by atoms with Gasteiger partial charge < -0.3 is 15.3 Å². The van der Waals surface area contributed by atoms with Crippen LogP contribution in [0.15, 0.2) is 54.6 Å². The van der Waals surface area contributed by atoms with Crippen molar-refractivity contribution < 1.29 is 14.7 Å². The van der Waals surface area contributed by atoms with E-state index >= 15 is 0 Å². The number of carbonyl (C=O) groups excluding carboxylic acids is 2. The summed E-state index contributed by atoms with van der Waals surface area (Å²) >= 11 is 0. The molecule has 0 aliphatic carbocycles. The molecule has 0 aromatic heterocycles. The number of amides is 2. The van der Waals surface area contributed by atoms with Crippen LogP contribution in [0.5, 0.6) is 5.75 Å². The highest BCUT2D eigenvalue weighted by Gasteiger charge is 2.35. The molecule has 0 saturated carbocycles. The van der Waals surface area contributed by atoms with Crippen molar-refractivity contribution in [3.63, 3.8) is 0 Å². The maximum atomic E-state index is 12.5. The molecule has 1 heterocycles. The Kier molecular flexibility index (Phi) is 5.89. The minimum absolute atomic E-state index is 0.0399. The molecule has 0 spiro atoms. The Hall–Kier alpha value is -2.82. The SMILES string of the molecule is O=C(NCCCc1ccc(O)cc1)C1CCC(=O)N1Cc1ccccc1. The molecule has 2 N–H and O–H groups in total. The van der Waals surface area contributed by atoms with E-state index in [9.17, 15) is 14.7 Å². The summed E-state index contributed by atoms with van der Waals surface area (Å²) in [4.78, 5) is 26.4. The average molecular weight is 352 g/mol. The Morgan fingerprint density at radius 3 is 2.54 bits per heavy atom. The lowest BCUT2D eigenvalue weighted by atomic mass is 10.1. The van der Waals surface area contributed by atoms with Crippen molar-refractivity contribution in [2.75, 3.05) is 6.54 Å². The van der Waals surface area contributed by atoms with E-state index in [-0.39, 0.29) is 23.6 Å². The first kappa shape index (κ1) is 18.0. The number of aromatic hydroxyl groups is 1. The minimum atomic E-state index is -0.378. The molecule has 5 heteroatoms. The molecule has 2 amide bonds. The second kappa shape index (κ2) is 8.52. The van der Waals surface area contributed by atoms with Crippen LogP contribution in [-0.2, 0) is 22.6 Å². The Balaban J connectivity index is 1.48. The summed E-state index contributed by atoms with van der Waals surface area (Å²) in [5.74, 6) is 0.224. The van der Waals surface area contributed by atoms with Crippen LogP contribution in [0.25, 0.3) is 0 Å². The number of hydrogen-bond acceptors (Lipinski definition) is 3. The van der Waals surface area contributed by atoms with Gasteiger partial charge in [-0.1, -0.05) is 42.5 Å². The highest BCUT2D eigenvalue weighted by Crippen LogP contribution is 2.21. The zero-order valence-electron chi connectivity index (χ0n) is 14.7. The van der Waals surface area contributed by atoms with Crippen LogP contribution >= 0.6 is 0 Å². The molecule has 2 aromatic carbocycles. The number of likely N-dealkylation sites (tertiary alicyclic amines) is 1. The summed E-state index contributed by atoms with van der Waals surface area (Å²) in [7, 11) is 0. The number of aryl methyl sites for hydroxylation is 1. The van der Waals surface area contributed by atoms with Crippen molar-refractivity contribution in [3.05, 3.63) is 65.7 Å². The van der Waals surface area contributed by atoms with Gasteiger partial charge in [-0.15, -0.1) is 0 Å². The second-order valence-electron chi connectivity index (χ2n) is 6.62. The fourth-order valence-corrected chi connectivity index (χ4v) is 3.27. The number of nitrogens with one attached hydrogen (secondary N) is 1. The third-order valence-electron chi connectivity index (χ3n) is 4.70. The Bertz CT molecular complexity index is 744. The fraction of sp³-hybridized carbons (Fsp3) is 0.333. The van der Waals surface area contributed by atoms with Gasteiger partial charge in [0.05, 0.1) is 0 Å². The standard InChI is InChI=1S/C21H24N2O3/c24-18-10-8-16(9-11-18)7-4-14-22-21(26)19-12-13-20(25)23(19)15-17-5-2-1-3-6-17/h1-3,5-6,8-11,19,24H,4,7,12-15H2,(H,22,26). The van der Waals surface area contributed by atoms with Crippen molar-refractivity contribution in [2.45, 2.75) is 38.3 Å². The smallest absolute Gasteiger partial charge is 0.242 e. The monoisotopic (exact) mass is 352 g/mol. The lowest BCUT2D eigenvalue weighted by Crippen LogP contribution is -2.44. The molecule has 0 radical (unpaired) electrons. The Morgan fingerprint density at radius 1 is 1.08 bits per heavy atom. The fourth-order valence-electron chi connectivity index (χ4n) is 3.27. The molecule has 26 heavy (non-hydrogen) atoms. The second-order valence-corrected chi connectivity index (χ2v) is 6.62. The molecule has 2 aromatic rings. The van der Waals surface area contributed by atoms with Gasteiger partial charge in [-0.2, -0.15) is 0 Å². The molecule has 1 unspecified atom stereocenters. The van der Waals surface area contributed by atoms with Gasteiger partial charge >= 0.3 is 0 Å². The van der Waals surface area contributed by atoms with E-state index in [1.165, 1.54) is 0 Å². The number of rotatable bonds is 7. The Labute approximate surface area is 153 Å². The van der Waals surface area contributed by atoms with Gasteiger partial charge in [0, 0.05) is 19.5 Å². The van der Waals surface area contributed by atoms with Gasteiger partial charge in [0.25, 0.3) is 0 Å². The molecule has 0 bridgehead atoms. The van der Waals surface area contributed by atoms with Crippen molar-refractivity contribution in [2.24, 2.45) is 0 Å². The van der Waals surface area contributed by atoms with Crippen LogP contribution in [0, 0.1) is 0 Å². The summed E-state index contributed by atoms with van der Waals surface area (Å²) in [6.45, 7) is 1.05.